The van der Waals surface area contributed by atoms with E-state index in [1.54, 1.807) is 0 Å². The van der Waals surface area contributed by atoms with Crippen molar-refractivity contribution < 1.29 is 4.79 Å². The molecular formula is C22H29N5O. The van der Waals surface area contributed by atoms with E-state index in [0.717, 1.165) is 36.6 Å². The summed E-state index contributed by atoms with van der Waals surface area (Å²) in [5, 5.41) is 13.4. The standard InChI is InChI=1S/C22H29N5O/c1-17-20(18(2)27(24-17)13-7-12-23)10-11-22(28)26-15-14-25(3)16-21(26)19-8-5-4-6-9-19/h4-6,8-9,21H,7,10-11,13-16H2,1-3H3. The quantitative estimate of drug-likeness (QED) is 0.774. The van der Waals surface area contributed by atoms with Gasteiger partial charge < -0.3 is 9.80 Å². The fraction of sp³-hybridized carbons (Fsp3) is 0.500. The Morgan fingerprint density at radius 1 is 1.25 bits per heavy atom. The van der Waals surface area contributed by atoms with Crippen LogP contribution in [0.25, 0.3) is 0 Å². The van der Waals surface area contributed by atoms with Crippen molar-refractivity contribution in [1.82, 2.24) is 19.6 Å². The number of hydrogen-bond donors (Lipinski definition) is 0. The van der Waals surface area contributed by atoms with Crippen LogP contribution in [0.3, 0.4) is 0 Å². The molecule has 0 radical (unpaired) electrons. The summed E-state index contributed by atoms with van der Waals surface area (Å²) in [5.41, 5.74) is 4.36. The Bertz CT molecular complexity index is 852. The molecule has 1 atom stereocenters. The minimum absolute atomic E-state index is 0.105. The zero-order valence-corrected chi connectivity index (χ0v) is 17.1. The van der Waals surface area contributed by atoms with Gasteiger partial charge in [-0.15, -0.1) is 0 Å². The number of carbonyl (C=O) groups excluding carboxylic acids is 1. The summed E-state index contributed by atoms with van der Waals surface area (Å²) in [6.45, 7) is 7.14. The zero-order valence-electron chi connectivity index (χ0n) is 17.1. The molecule has 1 amide bonds. The predicted octanol–water partition coefficient (Wildman–Crippen LogP) is 2.86. The van der Waals surface area contributed by atoms with E-state index in [2.05, 4.69) is 35.2 Å². The van der Waals surface area contributed by atoms with Gasteiger partial charge in [-0.3, -0.25) is 9.48 Å². The van der Waals surface area contributed by atoms with Crippen molar-refractivity contribution >= 4 is 5.91 Å². The van der Waals surface area contributed by atoms with Crippen molar-refractivity contribution in [2.75, 3.05) is 26.7 Å². The summed E-state index contributed by atoms with van der Waals surface area (Å²) in [5.74, 6) is 0.200. The van der Waals surface area contributed by atoms with E-state index >= 15 is 0 Å². The molecule has 0 N–H and O–H groups in total. The second kappa shape index (κ2) is 9.03. The number of carbonyl (C=O) groups is 1. The molecule has 1 fully saturated rings. The number of amides is 1. The van der Waals surface area contributed by atoms with Gasteiger partial charge in [-0.2, -0.15) is 10.4 Å². The fourth-order valence-corrected chi connectivity index (χ4v) is 4.02. The molecule has 6 heteroatoms. The van der Waals surface area contributed by atoms with Crippen LogP contribution >= 0.6 is 0 Å². The molecule has 0 bridgehead atoms. The Labute approximate surface area is 167 Å². The Kier molecular flexibility index (Phi) is 6.48. The van der Waals surface area contributed by atoms with Crippen LogP contribution in [0.1, 0.15) is 41.4 Å². The van der Waals surface area contributed by atoms with E-state index in [4.69, 9.17) is 5.26 Å². The lowest BCUT2D eigenvalue weighted by atomic mass is 10.0. The highest BCUT2D eigenvalue weighted by Crippen LogP contribution is 2.26. The van der Waals surface area contributed by atoms with Gasteiger partial charge in [-0.25, -0.2) is 0 Å². The normalized spacial score (nSPS) is 17.5. The van der Waals surface area contributed by atoms with Crippen molar-refractivity contribution in [2.24, 2.45) is 0 Å². The molecule has 1 saturated heterocycles. The highest BCUT2D eigenvalue weighted by molar-refractivity contribution is 5.77. The van der Waals surface area contributed by atoms with Gasteiger partial charge in [-0.1, -0.05) is 30.3 Å². The van der Waals surface area contributed by atoms with Crippen LogP contribution in [0, 0.1) is 25.2 Å². The highest BCUT2D eigenvalue weighted by Gasteiger charge is 2.30. The number of aromatic nitrogens is 2. The van der Waals surface area contributed by atoms with Gasteiger partial charge in [0, 0.05) is 31.7 Å². The maximum Gasteiger partial charge on any atom is 0.223 e. The third-order valence-electron chi connectivity index (χ3n) is 5.64. The number of rotatable bonds is 6. The SMILES string of the molecule is Cc1nn(CCC#N)c(C)c1CCC(=O)N1CCN(C)CC1c1ccccc1. The van der Waals surface area contributed by atoms with Crippen molar-refractivity contribution in [1.29, 1.82) is 5.26 Å². The van der Waals surface area contributed by atoms with E-state index < -0.39 is 0 Å². The molecule has 1 unspecified atom stereocenters. The second-order valence-electron chi connectivity index (χ2n) is 7.56. The number of nitrogens with zero attached hydrogens (tertiary/aromatic N) is 5. The molecule has 1 aliphatic heterocycles. The Balaban J connectivity index is 1.70. The number of piperazine rings is 1. The number of aryl methyl sites for hydroxylation is 2. The first-order chi connectivity index (χ1) is 13.5. The molecule has 2 aromatic rings. The van der Waals surface area contributed by atoms with Gasteiger partial charge in [0.05, 0.1) is 30.8 Å². The third-order valence-corrected chi connectivity index (χ3v) is 5.64. The largest absolute Gasteiger partial charge is 0.333 e. The summed E-state index contributed by atoms with van der Waals surface area (Å²) < 4.78 is 1.89. The zero-order chi connectivity index (χ0) is 20.1. The van der Waals surface area contributed by atoms with E-state index in [9.17, 15) is 4.79 Å². The molecule has 0 aliphatic carbocycles. The van der Waals surface area contributed by atoms with Crippen LogP contribution in [-0.2, 0) is 17.8 Å². The molecule has 1 aliphatic rings. The van der Waals surface area contributed by atoms with Crippen LogP contribution in [0.15, 0.2) is 30.3 Å². The van der Waals surface area contributed by atoms with E-state index in [1.165, 1.54) is 5.56 Å². The average Bonchev–Trinajstić information content (AvgIpc) is 2.98. The molecule has 6 nitrogen and oxygen atoms in total. The van der Waals surface area contributed by atoms with Gasteiger partial charge in [0.15, 0.2) is 0 Å². The molecule has 2 heterocycles. The van der Waals surface area contributed by atoms with Crippen LogP contribution in [-0.4, -0.2) is 52.2 Å². The van der Waals surface area contributed by atoms with Crippen LogP contribution in [0.4, 0.5) is 0 Å². The molecule has 0 spiro atoms. The topological polar surface area (TPSA) is 65.2 Å². The number of likely N-dealkylation sites (N-methyl/N-ethyl adjacent to an activating group) is 1. The Morgan fingerprint density at radius 3 is 2.71 bits per heavy atom. The molecule has 3 rings (SSSR count). The van der Waals surface area contributed by atoms with Gasteiger partial charge in [0.1, 0.15) is 0 Å². The Hall–Kier alpha value is -2.65. The summed E-state index contributed by atoms with van der Waals surface area (Å²) in [6.07, 6.45) is 1.62. The first kappa shape index (κ1) is 20.1. The predicted molar refractivity (Wildman–Crippen MR) is 109 cm³/mol. The van der Waals surface area contributed by atoms with E-state index in [1.807, 2.05) is 41.6 Å². The van der Waals surface area contributed by atoms with Gasteiger partial charge in [0.2, 0.25) is 5.91 Å². The van der Waals surface area contributed by atoms with Gasteiger partial charge >= 0.3 is 0 Å². The summed E-state index contributed by atoms with van der Waals surface area (Å²) >= 11 is 0. The Morgan fingerprint density at radius 2 is 2.00 bits per heavy atom. The third kappa shape index (κ3) is 4.42. The lowest BCUT2D eigenvalue weighted by Crippen LogP contribution is -2.49. The van der Waals surface area contributed by atoms with E-state index in [-0.39, 0.29) is 11.9 Å². The first-order valence-corrected chi connectivity index (χ1v) is 9.94. The molecule has 148 valence electrons. The maximum absolute atomic E-state index is 13.1. The monoisotopic (exact) mass is 379 g/mol. The van der Waals surface area contributed by atoms with E-state index in [0.29, 0.717) is 25.8 Å². The molecular weight excluding hydrogens is 350 g/mol. The molecule has 1 aromatic heterocycles. The van der Waals surface area contributed by atoms with Gasteiger partial charge in [0.25, 0.3) is 0 Å². The second-order valence-corrected chi connectivity index (χ2v) is 7.56. The lowest BCUT2D eigenvalue weighted by Gasteiger charge is -2.40. The van der Waals surface area contributed by atoms with Crippen molar-refractivity contribution in [3.8, 4) is 6.07 Å². The summed E-state index contributed by atoms with van der Waals surface area (Å²) in [4.78, 5) is 17.4. The van der Waals surface area contributed by atoms with Crippen LogP contribution in [0.5, 0.6) is 0 Å². The maximum atomic E-state index is 13.1. The van der Waals surface area contributed by atoms with Crippen molar-refractivity contribution in [2.45, 2.75) is 45.7 Å². The lowest BCUT2D eigenvalue weighted by molar-refractivity contribution is -0.136. The number of hydrogen-bond acceptors (Lipinski definition) is 4. The fourth-order valence-electron chi connectivity index (χ4n) is 4.02. The van der Waals surface area contributed by atoms with Crippen LogP contribution in [0.2, 0.25) is 0 Å². The number of nitriles is 1. The molecule has 1 aromatic carbocycles. The van der Waals surface area contributed by atoms with Gasteiger partial charge in [-0.05, 0) is 38.4 Å². The molecule has 28 heavy (non-hydrogen) atoms. The number of benzene rings is 1. The minimum atomic E-state index is 0.105. The smallest absolute Gasteiger partial charge is 0.223 e. The molecule has 0 saturated carbocycles. The van der Waals surface area contributed by atoms with Crippen LogP contribution < -0.4 is 0 Å². The highest BCUT2D eigenvalue weighted by atomic mass is 16.2. The first-order valence-electron chi connectivity index (χ1n) is 9.94. The summed E-state index contributed by atoms with van der Waals surface area (Å²) in [7, 11) is 2.11. The average molecular weight is 380 g/mol. The minimum Gasteiger partial charge on any atom is -0.333 e. The van der Waals surface area contributed by atoms with Crippen molar-refractivity contribution in [3.63, 3.8) is 0 Å². The van der Waals surface area contributed by atoms with Crippen molar-refractivity contribution in [3.05, 3.63) is 52.8 Å². The summed E-state index contributed by atoms with van der Waals surface area (Å²) in [6, 6.07) is 12.6.